The Hall–Kier alpha value is -4.88. The highest BCUT2D eigenvalue weighted by Crippen LogP contribution is 2.23. The Bertz CT molecular complexity index is 1640. The van der Waals surface area contributed by atoms with Gasteiger partial charge >= 0.3 is 18.2 Å². The van der Waals surface area contributed by atoms with Crippen LogP contribution in [0.15, 0.2) is 89.7 Å². The number of carbonyl (C=O) groups is 2. The summed E-state index contributed by atoms with van der Waals surface area (Å²) in [5.41, 5.74) is 4.87. The number of hydrogen-bond donors (Lipinski definition) is 4. The van der Waals surface area contributed by atoms with Crippen LogP contribution in [-0.2, 0) is 11.3 Å². The predicted molar refractivity (Wildman–Crippen MR) is 167 cm³/mol. The molecule has 1 aromatic heterocycles. The van der Waals surface area contributed by atoms with Gasteiger partial charge in [0.2, 0.25) is 0 Å². The van der Waals surface area contributed by atoms with Crippen molar-refractivity contribution in [3.8, 4) is 11.1 Å². The molecule has 0 aliphatic carbocycles. The van der Waals surface area contributed by atoms with E-state index in [1.807, 2.05) is 66.7 Å². The van der Waals surface area contributed by atoms with E-state index in [9.17, 15) is 22.8 Å². The van der Waals surface area contributed by atoms with Crippen LogP contribution in [0.5, 0.6) is 0 Å². The number of anilines is 3. The lowest BCUT2D eigenvalue weighted by Crippen LogP contribution is -2.31. The summed E-state index contributed by atoms with van der Waals surface area (Å²) >= 11 is 6.46. The molecule has 0 spiro atoms. The van der Waals surface area contributed by atoms with Gasteiger partial charge in [0.1, 0.15) is 0 Å². The molecule has 2 heterocycles. The molecule has 10 nitrogen and oxygen atoms in total. The van der Waals surface area contributed by atoms with Gasteiger partial charge in [0.25, 0.3) is 5.56 Å². The Labute approximate surface area is 261 Å². The van der Waals surface area contributed by atoms with Crippen molar-refractivity contribution in [3.05, 3.63) is 106 Å². The van der Waals surface area contributed by atoms with E-state index in [0.717, 1.165) is 49.3 Å². The fourth-order valence-corrected chi connectivity index (χ4v) is 4.68. The van der Waals surface area contributed by atoms with Gasteiger partial charge in [-0.2, -0.15) is 18.3 Å². The van der Waals surface area contributed by atoms with Gasteiger partial charge in [0, 0.05) is 37.1 Å². The molecule has 5 rings (SSSR count). The number of carboxylic acids is 1. The van der Waals surface area contributed by atoms with E-state index in [1.165, 1.54) is 4.68 Å². The molecule has 0 radical (unpaired) electrons. The minimum Gasteiger partial charge on any atom is -0.475 e. The van der Waals surface area contributed by atoms with E-state index in [2.05, 4.69) is 25.9 Å². The summed E-state index contributed by atoms with van der Waals surface area (Å²) in [7, 11) is 0. The monoisotopic (exact) mass is 642 g/mol. The van der Waals surface area contributed by atoms with Crippen LogP contribution in [0.3, 0.4) is 0 Å². The van der Waals surface area contributed by atoms with Crippen LogP contribution in [0, 0.1) is 0 Å². The largest absolute Gasteiger partial charge is 0.490 e. The van der Waals surface area contributed by atoms with E-state index >= 15 is 0 Å². The zero-order valence-electron chi connectivity index (χ0n) is 23.9. The lowest BCUT2D eigenvalue weighted by Gasteiger charge is -2.23. The fraction of sp³-hybridized carbons (Fsp3) is 0.226. The van der Waals surface area contributed by atoms with Gasteiger partial charge in [-0.1, -0.05) is 66.2 Å². The zero-order chi connectivity index (χ0) is 32.4. The van der Waals surface area contributed by atoms with Crippen LogP contribution >= 0.6 is 11.6 Å². The number of halogens is 4. The molecule has 4 aromatic rings. The first-order valence-corrected chi connectivity index (χ1v) is 14.2. The van der Waals surface area contributed by atoms with Crippen molar-refractivity contribution in [1.82, 2.24) is 15.1 Å². The molecule has 45 heavy (non-hydrogen) atoms. The SMILES string of the molecule is O=C(Nc1ccc(Cn2nc(Cl)c(N3CCCNCC3)cc2=O)cc1)Nc1ccc(-c2ccccc2)cc1.O=C(O)C(F)(F)F. The molecule has 14 heteroatoms. The summed E-state index contributed by atoms with van der Waals surface area (Å²) in [5.74, 6) is -2.76. The number of aromatic nitrogens is 2. The number of urea groups is 1. The molecule has 1 fully saturated rings. The maximum atomic E-state index is 12.7. The Morgan fingerprint density at radius 3 is 2.07 bits per heavy atom. The topological polar surface area (TPSA) is 129 Å². The molecule has 2 amide bonds. The van der Waals surface area contributed by atoms with Crippen molar-refractivity contribution in [1.29, 1.82) is 0 Å². The van der Waals surface area contributed by atoms with Gasteiger partial charge in [0.05, 0.1) is 12.2 Å². The average molecular weight is 643 g/mol. The first kappa shape index (κ1) is 33.0. The molecular formula is C31H30ClF3N6O4. The number of alkyl halides is 3. The fourth-order valence-electron chi connectivity index (χ4n) is 4.42. The van der Waals surface area contributed by atoms with E-state index in [-0.39, 0.29) is 18.1 Å². The van der Waals surface area contributed by atoms with Crippen LogP contribution < -0.4 is 26.4 Å². The molecule has 4 N–H and O–H groups in total. The Kier molecular flexibility index (Phi) is 11.2. The second kappa shape index (κ2) is 15.2. The number of hydrogen-bond acceptors (Lipinski definition) is 6. The third-order valence-electron chi connectivity index (χ3n) is 6.65. The van der Waals surface area contributed by atoms with Gasteiger partial charge < -0.3 is 26.0 Å². The van der Waals surface area contributed by atoms with Crippen LogP contribution in [0.1, 0.15) is 12.0 Å². The minimum atomic E-state index is -5.08. The molecule has 0 bridgehead atoms. The van der Waals surface area contributed by atoms with Crippen LogP contribution in [0.2, 0.25) is 5.15 Å². The lowest BCUT2D eigenvalue weighted by molar-refractivity contribution is -0.192. The Morgan fingerprint density at radius 1 is 0.889 bits per heavy atom. The number of rotatable bonds is 6. The molecule has 236 valence electrons. The number of benzene rings is 3. The van der Waals surface area contributed by atoms with Gasteiger partial charge in [-0.25, -0.2) is 14.3 Å². The number of carboxylic acid groups (broad SMARTS) is 1. The first-order chi connectivity index (χ1) is 21.5. The number of nitrogens with zero attached hydrogens (tertiary/aromatic N) is 3. The molecular weight excluding hydrogens is 613 g/mol. The zero-order valence-corrected chi connectivity index (χ0v) is 24.6. The number of aliphatic carboxylic acids is 1. The van der Waals surface area contributed by atoms with Crippen molar-refractivity contribution >= 4 is 40.7 Å². The van der Waals surface area contributed by atoms with Gasteiger partial charge in [-0.05, 0) is 53.9 Å². The van der Waals surface area contributed by atoms with E-state index in [4.69, 9.17) is 21.5 Å². The maximum Gasteiger partial charge on any atom is 0.490 e. The normalized spacial score (nSPS) is 13.2. The quantitative estimate of drug-likeness (QED) is 0.213. The van der Waals surface area contributed by atoms with Crippen molar-refractivity contribution in [2.24, 2.45) is 0 Å². The number of carbonyl (C=O) groups excluding carboxylic acids is 1. The van der Waals surface area contributed by atoms with Crippen molar-refractivity contribution in [3.63, 3.8) is 0 Å². The smallest absolute Gasteiger partial charge is 0.475 e. The van der Waals surface area contributed by atoms with E-state index < -0.39 is 12.1 Å². The highest BCUT2D eigenvalue weighted by Gasteiger charge is 2.38. The Balaban J connectivity index is 0.000000591. The highest BCUT2D eigenvalue weighted by atomic mass is 35.5. The molecule has 1 saturated heterocycles. The minimum absolute atomic E-state index is 0.207. The molecule has 0 saturated carbocycles. The Morgan fingerprint density at radius 2 is 1.47 bits per heavy atom. The maximum absolute atomic E-state index is 12.7. The van der Waals surface area contributed by atoms with Gasteiger partial charge in [-0.3, -0.25) is 4.79 Å². The van der Waals surface area contributed by atoms with Crippen LogP contribution in [0.4, 0.5) is 35.0 Å². The predicted octanol–water partition coefficient (Wildman–Crippen LogP) is 5.69. The summed E-state index contributed by atoms with van der Waals surface area (Å²) in [6.07, 6.45) is -4.10. The average Bonchev–Trinajstić information content (AvgIpc) is 3.30. The third kappa shape index (κ3) is 9.81. The summed E-state index contributed by atoms with van der Waals surface area (Å²) < 4.78 is 33.1. The molecule has 0 atom stereocenters. The molecule has 3 aromatic carbocycles. The second-order valence-corrected chi connectivity index (χ2v) is 10.3. The van der Waals surface area contributed by atoms with Crippen molar-refractivity contribution in [2.75, 3.05) is 41.7 Å². The molecule has 1 aliphatic rings. The van der Waals surface area contributed by atoms with Crippen molar-refractivity contribution < 1.29 is 27.9 Å². The number of nitrogens with one attached hydrogen (secondary N) is 3. The van der Waals surface area contributed by atoms with E-state index in [0.29, 0.717) is 22.2 Å². The summed E-state index contributed by atoms with van der Waals surface area (Å²) in [5, 5.41) is 20.8. The summed E-state index contributed by atoms with van der Waals surface area (Å²) in [6, 6.07) is 26.2. The summed E-state index contributed by atoms with van der Waals surface area (Å²) in [6.45, 7) is 3.69. The molecule has 0 unspecified atom stereocenters. The number of amides is 2. The van der Waals surface area contributed by atoms with Gasteiger partial charge in [0.15, 0.2) is 5.15 Å². The second-order valence-electron chi connectivity index (χ2n) is 9.93. The lowest BCUT2D eigenvalue weighted by atomic mass is 10.1. The molecule has 1 aliphatic heterocycles. The van der Waals surface area contributed by atoms with Crippen LogP contribution in [0.25, 0.3) is 11.1 Å². The van der Waals surface area contributed by atoms with Gasteiger partial charge in [-0.15, -0.1) is 0 Å². The highest BCUT2D eigenvalue weighted by molar-refractivity contribution is 6.31. The van der Waals surface area contributed by atoms with Crippen LogP contribution in [-0.4, -0.2) is 59.2 Å². The standard InChI is InChI=1S/C29H29ClN6O2.C2HF3O2/c30-28-26(35-17-4-15-31-16-18-35)19-27(37)36(34-28)20-21-7-11-24(12-8-21)32-29(38)33-25-13-9-23(10-14-25)22-5-2-1-3-6-22;3-2(4,5)1(6)7/h1-3,5-14,19,31H,4,15-18,20H2,(H2,32,33,38);(H,6,7). The first-order valence-electron chi connectivity index (χ1n) is 13.9. The van der Waals surface area contributed by atoms with E-state index in [1.54, 1.807) is 18.2 Å². The summed E-state index contributed by atoms with van der Waals surface area (Å²) in [4.78, 5) is 36.2. The van der Waals surface area contributed by atoms with Crippen molar-refractivity contribution in [2.45, 2.75) is 19.1 Å². The third-order valence-corrected chi connectivity index (χ3v) is 6.92.